The Kier molecular flexibility index (Phi) is 3.65. The number of aromatic nitrogens is 1. The monoisotopic (exact) mass is 252 g/mol. The molecule has 4 heteroatoms. The third-order valence-corrected chi connectivity index (χ3v) is 2.71. The molecule has 0 saturated heterocycles. The van der Waals surface area contributed by atoms with Gasteiger partial charge >= 0.3 is 0 Å². The maximum Gasteiger partial charge on any atom is 0.152 e. The minimum absolute atomic E-state index is 0.483. The highest BCUT2D eigenvalue weighted by molar-refractivity contribution is 6.32. The molecule has 0 aliphatic rings. The van der Waals surface area contributed by atoms with Crippen molar-refractivity contribution in [2.45, 2.75) is 6.54 Å². The Morgan fingerprint density at radius 3 is 2.50 bits per heavy atom. The first-order chi connectivity index (χ1) is 7.75. The van der Waals surface area contributed by atoms with Crippen LogP contribution in [0.5, 0.6) is 0 Å². The summed E-state index contributed by atoms with van der Waals surface area (Å²) in [5.41, 5.74) is 1.98. The van der Waals surface area contributed by atoms with Gasteiger partial charge in [-0.15, -0.1) is 0 Å². The van der Waals surface area contributed by atoms with Gasteiger partial charge in [-0.1, -0.05) is 35.3 Å². The highest BCUT2D eigenvalue weighted by Gasteiger charge is 1.99. The lowest BCUT2D eigenvalue weighted by Gasteiger charge is -2.07. The first-order valence-corrected chi connectivity index (χ1v) is 5.60. The van der Waals surface area contributed by atoms with Gasteiger partial charge in [0.25, 0.3) is 0 Å². The quantitative estimate of drug-likeness (QED) is 0.836. The molecule has 1 aromatic heterocycles. The topological polar surface area (TPSA) is 24.9 Å². The first kappa shape index (κ1) is 11.2. The van der Waals surface area contributed by atoms with Crippen LogP contribution in [0, 0.1) is 0 Å². The molecule has 16 heavy (non-hydrogen) atoms. The van der Waals surface area contributed by atoms with Crippen molar-refractivity contribution < 1.29 is 0 Å². The molecule has 0 radical (unpaired) electrons. The summed E-state index contributed by atoms with van der Waals surface area (Å²) in [5, 5.41) is 4.43. The van der Waals surface area contributed by atoms with Crippen molar-refractivity contribution in [3.8, 4) is 0 Å². The summed E-state index contributed by atoms with van der Waals surface area (Å²) in [6, 6.07) is 11.4. The van der Waals surface area contributed by atoms with Crippen molar-refractivity contribution in [3.05, 3.63) is 58.3 Å². The summed E-state index contributed by atoms with van der Waals surface area (Å²) in [7, 11) is 0. The molecule has 0 unspecified atom stereocenters. The van der Waals surface area contributed by atoms with E-state index in [2.05, 4.69) is 10.3 Å². The highest BCUT2D eigenvalue weighted by atomic mass is 35.5. The summed E-state index contributed by atoms with van der Waals surface area (Å²) in [4.78, 5) is 3.99. The zero-order valence-corrected chi connectivity index (χ0v) is 9.96. The maximum absolute atomic E-state index is 5.92. The Morgan fingerprint density at radius 1 is 1.06 bits per heavy atom. The summed E-state index contributed by atoms with van der Waals surface area (Å²) in [6.45, 7) is 0.697. The summed E-state index contributed by atoms with van der Waals surface area (Å²) >= 11 is 11.7. The van der Waals surface area contributed by atoms with Crippen molar-refractivity contribution in [2.24, 2.45) is 0 Å². The van der Waals surface area contributed by atoms with Gasteiger partial charge in [-0.3, -0.25) is 0 Å². The van der Waals surface area contributed by atoms with E-state index in [1.54, 1.807) is 6.20 Å². The number of anilines is 1. The van der Waals surface area contributed by atoms with Gasteiger partial charge in [0.2, 0.25) is 0 Å². The molecule has 0 amide bonds. The van der Waals surface area contributed by atoms with Crippen LogP contribution in [0.1, 0.15) is 5.56 Å². The molecule has 2 rings (SSSR count). The van der Waals surface area contributed by atoms with Crippen LogP contribution in [-0.4, -0.2) is 4.98 Å². The molecule has 0 spiro atoms. The smallest absolute Gasteiger partial charge is 0.152 e. The Labute approximate surface area is 104 Å². The third kappa shape index (κ3) is 2.87. The van der Waals surface area contributed by atoms with Gasteiger partial charge < -0.3 is 5.32 Å². The molecule has 1 heterocycles. The zero-order valence-electron chi connectivity index (χ0n) is 8.45. The van der Waals surface area contributed by atoms with E-state index in [4.69, 9.17) is 23.2 Å². The van der Waals surface area contributed by atoms with Crippen LogP contribution in [0.3, 0.4) is 0 Å². The molecule has 2 nitrogen and oxygen atoms in total. The van der Waals surface area contributed by atoms with Crippen molar-refractivity contribution in [3.63, 3.8) is 0 Å². The van der Waals surface area contributed by atoms with E-state index in [-0.39, 0.29) is 0 Å². The summed E-state index contributed by atoms with van der Waals surface area (Å²) in [5.74, 6) is 0. The molecule has 1 aromatic carbocycles. The predicted octanol–water partition coefficient (Wildman–Crippen LogP) is 4.00. The number of nitrogens with zero attached hydrogens (tertiary/aromatic N) is 1. The van der Waals surface area contributed by atoms with Gasteiger partial charge in [-0.2, -0.15) is 0 Å². The number of hydrogen-bond acceptors (Lipinski definition) is 2. The Bertz CT molecular complexity index is 469. The lowest BCUT2D eigenvalue weighted by Crippen LogP contribution is -2.00. The number of pyridine rings is 1. The third-order valence-electron chi connectivity index (χ3n) is 2.16. The SMILES string of the molecule is Clc1ccc(CNc2cccnc2Cl)cc1. The van der Waals surface area contributed by atoms with E-state index in [0.29, 0.717) is 11.7 Å². The normalized spacial score (nSPS) is 10.1. The van der Waals surface area contributed by atoms with E-state index >= 15 is 0 Å². The second kappa shape index (κ2) is 5.19. The van der Waals surface area contributed by atoms with Crippen LogP contribution in [0.2, 0.25) is 10.2 Å². The molecule has 0 fully saturated rings. The second-order valence-corrected chi connectivity index (χ2v) is 4.12. The van der Waals surface area contributed by atoms with E-state index in [1.807, 2.05) is 36.4 Å². The van der Waals surface area contributed by atoms with E-state index < -0.39 is 0 Å². The van der Waals surface area contributed by atoms with Gasteiger partial charge in [-0.05, 0) is 29.8 Å². The molecular weight excluding hydrogens is 243 g/mol. The fraction of sp³-hybridized carbons (Fsp3) is 0.0833. The van der Waals surface area contributed by atoms with Crippen LogP contribution in [0.15, 0.2) is 42.6 Å². The van der Waals surface area contributed by atoms with Crippen LogP contribution in [-0.2, 0) is 6.54 Å². The average Bonchev–Trinajstić information content (AvgIpc) is 2.30. The standard InChI is InChI=1S/C12H10Cl2N2/c13-10-5-3-9(4-6-10)8-16-11-2-1-7-15-12(11)14/h1-7,16H,8H2. The largest absolute Gasteiger partial charge is 0.378 e. The Hall–Kier alpha value is -1.25. The van der Waals surface area contributed by atoms with Crippen LogP contribution < -0.4 is 5.32 Å². The first-order valence-electron chi connectivity index (χ1n) is 4.84. The molecule has 2 aromatic rings. The molecule has 1 N–H and O–H groups in total. The predicted molar refractivity (Wildman–Crippen MR) is 68.0 cm³/mol. The van der Waals surface area contributed by atoms with Gasteiger partial charge in [0.05, 0.1) is 5.69 Å². The van der Waals surface area contributed by atoms with Crippen molar-refractivity contribution in [1.82, 2.24) is 4.98 Å². The van der Waals surface area contributed by atoms with Crippen molar-refractivity contribution in [1.29, 1.82) is 0 Å². The van der Waals surface area contributed by atoms with Crippen molar-refractivity contribution in [2.75, 3.05) is 5.32 Å². The number of nitrogens with one attached hydrogen (secondary N) is 1. The average molecular weight is 253 g/mol. The number of rotatable bonds is 3. The highest BCUT2D eigenvalue weighted by Crippen LogP contribution is 2.18. The van der Waals surface area contributed by atoms with E-state index in [9.17, 15) is 0 Å². The van der Waals surface area contributed by atoms with Crippen molar-refractivity contribution >= 4 is 28.9 Å². The number of hydrogen-bond donors (Lipinski definition) is 1. The van der Waals surface area contributed by atoms with E-state index in [0.717, 1.165) is 16.3 Å². The number of halogens is 2. The molecule has 82 valence electrons. The Morgan fingerprint density at radius 2 is 1.81 bits per heavy atom. The lowest BCUT2D eigenvalue weighted by molar-refractivity contribution is 1.14. The van der Waals surface area contributed by atoms with Gasteiger partial charge in [0, 0.05) is 17.8 Å². The minimum Gasteiger partial charge on any atom is -0.378 e. The fourth-order valence-electron chi connectivity index (χ4n) is 1.32. The molecule has 0 aliphatic carbocycles. The van der Waals surface area contributed by atoms with E-state index in [1.165, 1.54) is 0 Å². The molecule has 0 saturated carbocycles. The molecule has 0 atom stereocenters. The van der Waals surface area contributed by atoms with Gasteiger partial charge in [-0.25, -0.2) is 4.98 Å². The van der Waals surface area contributed by atoms with Crippen LogP contribution >= 0.6 is 23.2 Å². The maximum atomic E-state index is 5.92. The fourth-order valence-corrected chi connectivity index (χ4v) is 1.63. The van der Waals surface area contributed by atoms with Gasteiger partial charge in [0.15, 0.2) is 5.15 Å². The molecule has 0 aliphatic heterocycles. The minimum atomic E-state index is 0.483. The molecular formula is C12H10Cl2N2. The summed E-state index contributed by atoms with van der Waals surface area (Å²) in [6.07, 6.45) is 1.66. The van der Waals surface area contributed by atoms with Gasteiger partial charge in [0.1, 0.15) is 0 Å². The summed E-state index contributed by atoms with van der Waals surface area (Å²) < 4.78 is 0. The Balaban J connectivity index is 2.02. The number of benzene rings is 1. The molecule has 0 bridgehead atoms. The second-order valence-electron chi connectivity index (χ2n) is 3.32. The lowest BCUT2D eigenvalue weighted by atomic mass is 10.2. The zero-order chi connectivity index (χ0) is 11.4. The van der Waals surface area contributed by atoms with Crippen LogP contribution in [0.25, 0.3) is 0 Å². The van der Waals surface area contributed by atoms with Crippen LogP contribution in [0.4, 0.5) is 5.69 Å².